The summed E-state index contributed by atoms with van der Waals surface area (Å²) in [5.41, 5.74) is 5.35. The van der Waals surface area contributed by atoms with E-state index in [2.05, 4.69) is 43.7 Å². The number of hydrogen-bond acceptors (Lipinski definition) is 1. The van der Waals surface area contributed by atoms with Crippen molar-refractivity contribution in [3.05, 3.63) is 35.0 Å². The molecule has 0 atom stereocenters. The van der Waals surface area contributed by atoms with Crippen LogP contribution in [0.1, 0.15) is 36.5 Å². The number of hydrogen-bond donors (Lipinski definition) is 1. The number of aliphatic hydroxyl groups excluding tert-OH is 1. The zero-order valence-electron chi connectivity index (χ0n) is 11.7. The molecule has 0 fully saturated rings. The van der Waals surface area contributed by atoms with Gasteiger partial charge in [0, 0.05) is 23.6 Å². The van der Waals surface area contributed by atoms with Crippen LogP contribution in [0.4, 0.5) is 0 Å². The van der Waals surface area contributed by atoms with E-state index in [9.17, 15) is 0 Å². The van der Waals surface area contributed by atoms with E-state index in [0.717, 1.165) is 6.42 Å². The van der Waals surface area contributed by atoms with Crippen molar-refractivity contribution in [2.24, 2.45) is 0 Å². The van der Waals surface area contributed by atoms with Gasteiger partial charge in [-0.25, -0.2) is 0 Å². The number of rotatable bonds is 5. The van der Waals surface area contributed by atoms with Gasteiger partial charge in [0.25, 0.3) is 0 Å². The average Bonchev–Trinajstić information content (AvgIpc) is 2.66. The summed E-state index contributed by atoms with van der Waals surface area (Å²) in [5.74, 6) is 0. The molecule has 2 heteroatoms. The number of unbranched alkanes of at least 4 members (excludes halogenated alkanes) is 1. The summed E-state index contributed by atoms with van der Waals surface area (Å²) in [4.78, 5) is 0. The molecular weight excluding hydrogens is 222 g/mol. The van der Waals surface area contributed by atoms with E-state index >= 15 is 0 Å². The van der Waals surface area contributed by atoms with Gasteiger partial charge in [0.2, 0.25) is 0 Å². The van der Waals surface area contributed by atoms with Crippen LogP contribution in [-0.2, 0) is 13.0 Å². The van der Waals surface area contributed by atoms with E-state index in [0.29, 0.717) is 6.54 Å². The second-order valence-corrected chi connectivity index (χ2v) is 5.13. The molecule has 1 aromatic heterocycles. The van der Waals surface area contributed by atoms with Crippen LogP contribution in [0, 0.1) is 13.8 Å². The summed E-state index contributed by atoms with van der Waals surface area (Å²) >= 11 is 0. The number of benzene rings is 1. The van der Waals surface area contributed by atoms with Crippen LogP contribution in [0.25, 0.3) is 10.9 Å². The largest absolute Gasteiger partial charge is 0.395 e. The lowest BCUT2D eigenvalue weighted by atomic mass is 10.0. The highest BCUT2D eigenvalue weighted by Gasteiger charge is 2.09. The summed E-state index contributed by atoms with van der Waals surface area (Å²) in [6.45, 7) is 7.43. The van der Waals surface area contributed by atoms with E-state index in [1.54, 1.807) is 0 Å². The molecule has 0 amide bonds. The van der Waals surface area contributed by atoms with Gasteiger partial charge in [-0.05, 0) is 55.5 Å². The van der Waals surface area contributed by atoms with Crippen molar-refractivity contribution in [3.8, 4) is 0 Å². The van der Waals surface area contributed by atoms with Gasteiger partial charge in [0.05, 0.1) is 6.61 Å². The molecule has 2 rings (SSSR count). The zero-order valence-corrected chi connectivity index (χ0v) is 11.7. The van der Waals surface area contributed by atoms with E-state index in [1.165, 1.54) is 40.4 Å². The first-order chi connectivity index (χ1) is 8.67. The molecule has 0 bridgehead atoms. The van der Waals surface area contributed by atoms with Crippen LogP contribution in [0.5, 0.6) is 0 Å². The number of fused-ring (bicyclic) bond motifs is 1. The highest BCUT2D eigenvalue weighted by atomic mass is 16.3. The van der Waals surface area contributed by atoms with Gasteiger partial charge < -0.3 is 9.67 Å². The molecule has 98 valence electrons. The first-order valence-electron chi connectivity index (χ1n) is 6.87. The van der Waals surface area contributed by atoms with Crippen molar-refractivity contribution < 1.29 is 5.11 Å². The van der Waals surface area contributed by atoms with E-state index in [1.807, 2.05) is 0 Å². The van der Waals surface area contributed by atoms with Crippen molar-refractivity contribution in [2.45, 2.75) is 46.6 Å². The van der Waals surface area contributed by atoms with Crippen LogP contribution < -0.4 is 0 Å². The van der Waals surface area contributed by atoms with E-state index < -0.39 is 0 Å². The monoisotopic (exact) mass is 245 g/mol. The lowest BCUT2D eigenvalue weighted by molar-refractivity contribution is 0.278. The van der Waals surface area contributed by atoms with Crippen molar-refractivity contribution in [1.82, 2.24) is 4.57 Å². The minimum atomic E-state index is 0.198. The molecule has 1 aromatic carbocycles. The fraction of sp³-hybridized carbons (Fsp3) is 0.500. The maximum absolute atomic E-state index is 9.17. The fourth-order valence-corrected chi connectivity index (χ4v) is 2.48. The molecule has 0 saturated carbocycles. The highest BCUT2D eigenvalue weighted by Crippen LogP contribution is 2.26. The molecule has 0 unspecified atom stereocenters. The van der Waals surface area contributed by atoms with Crippen molar-refractivity contribution in [1.29, 1.82) is 0 Å². The molecule has 0 aliphatic heterocycles. The number of aryl methyl sites for hydroxylation is 3. The molecule has 2 nitrogen and oxygen atoms in total. The third-order valence-corrected chi connectivity index (χ3v) is 3.72. The Morgan fingerprint density at radius 1 is 1.17 bits per heavy atom. The Morgan fingerprint density at radius 2 is 1.89 bits per heavy atom. The SMILES string of the molecule is CCCCc1cn(CCO)c2cc(C)c(C)cc12. The third-order valence-electron chi connectivity index (χ3n) is 3.72. The Kier molecular flexibility index (Phi) is 4.07. The van der Waals surface area contributed by atoms with Gasteiger partial charge in [0.1, 0.15) is 0 Å². The summed E-state index contributed by atoms with van der Waals surface area (Å²) < 4.78 is 2.19. The molecule has 0 saturated heterocycles. The Bertz CT molecular complexity index is 540. The molecule has 0 radical (unpaired) electrons. The lowest BCUT2D eigenvalue weighted by Gasteiger charge is -2.05. The Morgan fingerprint density at radius 3 is 2.56 bits per heavy atom. The van der Waals surface area contributed by atoms with Gasteiger partial charge >= 0.3 is 0 Å². The first-order valence-corrected chi connectivity index (χ1v) is 6.87. The maximum atomic E-state index is 9.17. The van der Waals surface area contributed by atoms with E-state index in [4.69, 9.17) is 5.11 Å². The predicted octanol–water partition coefficient (Wildman–Crippen LogP) is 3.59. The average molecular weight is 245 g/mol. The van der Waals surface area contributed by atoms with Crippen LogP contribution in [0.3, 0.4) is 0 Å². The second-order valence-electron chi connectivity index (χ2n) is 5.13. The van der Waals surface area contributed by atoms with Crippen LogP contribution in [0.2, 0.25) is 0 Å². The van der Waals surface area contributed by atoms with Crippen molar-refractivity contribution in [3.63, 3.8) is 0 Å². The molecule has 2 aromatic rings. The molecule has 1 N–H and O–H groups in total. The molecule has 18 heavy (non-hydrogen) atoms. The van der Waals surface area contributed by atoms with Crippen LogP contribution in [-0.4, -0.2) is 16.3 Å². The summed E-state index contributed by atoms with van der Waals surface area (Å²) in [6, 6.07) is 4.54. The highest BCUT2D eigenvalue weighted by molar-refractivity contribution is 5.85. The normalized spacial score (nSPS) is 11.3. The fourth-order valence-electron chi connectivity index (χ4n) is 2.48. The Labute approximate surface area is 109 Å². The summed E-state index contributed by atoms with van der Waals surface area (Å²) in [7, 11) is 0. The number of nitrogens with zero attached hydrogens (tertiary/aromatic N) is 1. The van der Waals surface area contributed by atoms with Gasteiger partial charge in [0.15, 0.2) is 0 Å². The minimum Gasteiger partial charge on any atom is -0.395 e. The predicted molar refractivity (Wildman–Crippen MR) is 77.1 cm³/mol. The molecule has 0 aliphatic rings. The van der Waals surface area contributed by atoms with Gasteiger partial charge in [-0.15, -0.1) is 0 Å². The molecule has 0 spiro atoms. The zero-order chi connectivity index (χ0) is 13.1. The standard InChI is InChI=1S/C16H23NO/c1-4-5-6-14-11-17(7-8-18)16-10-13(3)12(2)9-15(14)16/h9-11,18H,4-8H2,1-3H3. The van der Waals surface area contributed by atoms with Crippen LogP contribution in [0.15, 0.2) is 18.3 Å². The second kappa shape index (κ2) is 5.57. The third kappa shape index (κ3) is 2.44. The smallest absolute Gasteiger partial charge is 0.0610 e. The van der Waals surface area contributed by atoms with Gasteiger partial charge in [-0.2, -0.15) is 0 Å². The quantitative estimate of drug-likeness (QED) is 0.855. The molecule has 1 heterocycles. The van der Waals surface area contributed by atoms with Crippen molar-refractivity contribution in [2.75, 3.05) is 6.61 Å². The van der Waals surface area contributed by atoms with Gasteiger partial charge in [-0.3, -0.25) is 0 Å². The summed E-state index contributed by atoms with van der Waals surface area (Å²) in [5, 5.41) is 10.5. The van der Waals surface area contributed by atoms with Gasteiger partial charge in [-0.1, -0.05) is 13.3 Å². The topological polar surface area (TPSA) is 25.2 Å². The first kappa shape index (κ1) is 13.2. The van der Waals surface area contributed by atoms with E-state index in [-0.39, 0.29) is 6.61 Å². The lowest BCUT2D eigenvalue weighted by Crippen LogP contribution is -2.00. The minimum absolute atomic E-state index is 0.198. The number of aliphatic hydroxyl groups is 1. The number of aromatic nitrogens is 1. The Hall–Kier alpha value is -1.28. The maximum Gasteiger partial charge on any atom is 0.0610 e. The molecular formula is C16H23NO. The van der Waals surface area contributed by atoms with Crippen LogP contribution >= 0.6 is 0 Å². The van der Waals surface area contributed by atoms with Crippen molar-refractivity contribution >= 4 is 10.9 Å². The molecule has 0 aliphatic carbocycles. The summed E-state index contributed by atoms with van der Waals surface area (Å²) in [6.07, 6.45) is 5.80. The Balaban J connectivity index is 2.53.